The van der Waals surface area contributed by atoms with Crippen molar-refractivity contribution in [3.63, 3.8) is 0 Å². The van der Waals surface area contributed by atoms with E-state index in [1.165, 1.54) is 11.1 Å². The summed E-state index contributed by atoms with van der Waals surface area (Å²) in [4.78, 5) is 12.9. The second-order valence-electron chi connectivity index (χ2n) is 6.22. The second-order valence-corrected chi connectivity index (χ2v) is 6.65. The van der Waals surface area contributed by atoms with Crippen LogP contribution in [0.3, 0.4) is 0 Å². The highest BCUT2D eigenvalue weighted by atomic mass is 35.5. The summed E-state index contributed by atoms with van der Waals surface area (Å²) >= 11 is 6.22. The lowest BCUT2D eigenvalue weighted by Crippen LogP contribution is -2.21. The van der Waals surface area contributed by atoms with Crippen molar-refractivity contribution in [3.05, 3.63) is 58.4 Å². The fraction of sp³-hybridized carbons (Fsp3) is 0.263. The molecule has 0 aliphatic heterocycles. The molecule has 2 aromatic heterocycles. The number of halogens is 1. The first-order valence-electron chi connectivity index (χ1n) is 8.33. The Kier molecular flexibility index (Phi) is 4.31. The van der Waals surface area contributed by atoms with Crippen LogP contribution in [-0.4, -0.2) is 30.8 Å². The molecular formula is C19H17ClN6. The lowest BCUT2D eigenvalue weighted by atomic mass is 10.0. The van der Waals surface area contributed by atoms with Crippen LogP contribution in [0.15, 0.2) is 30.9 Å². The van der Waals surface area contributed by atoms with Gasteiger partial charge in [0, 0.05) is 16.6 Å². The number of anilines is 1. The first-order valence-corrected chi connectivity index (χ1v) is 8.71. The molecule has 0 bridgehead atoms. The molecule has 0 saturated carbocycles. The molecule has 0 radical (unpaired) electrons. The number of hydrogen-bond acceptors (Lipinski definition) is 5. The maximum Gasteiger partial charge on any atom is 0.222 e. The maximum absolute atomic E-state index is 6.22. The molecule has 0 amide bonds. The fourth-order valence-electron chi connectivity index (χ4n) is 3.22. The molecule has 0 spiro atoms. The van der Waals surface area contributed by atoms with Crippen LogP contribution in [0.25, 0.3) is 5.69 Å². The van der Waals surface area contributed by atoms with E-state index in [4.69, 9.17) is 11.6 Å². The van der Waals surface area contributed by atoms with Gasteiger partial charge in [-0.05, 0) is 49.9 Å². The predicted molar refractivity (Wildman–Crippen MR) is 101 cm³/mol. The van der Waals surface area contributed by atoms with E-state index in [9.17, 15) is 0 Å². The van der Waals surface area contributed by atoms with Gasteiger partial charge in [-0.2, -0.15) is 5.10 Å². The molecule has 0 saturated heterocycles. The van der Waals surface area contributed by atoms with Gasteiger partial charge in [0.15, 0.2) is 0 Å². The van der Waals surface area contributed by atoms with E-state index in [-0.39, 0.29) is 6.04 Å². The van der Waals surface area contributed by atoms with Crippen molar-refractivity contribution in [1.29, 1.82) is 0 Å². The van der Waals surface area contributed by atoms with Crippen molar-refractivity contribution < 1.29 is 0 Å². The molecule has 2 heterocycles. The quantitative estimate of drug-likeness (QED) is 0.723. The van der Waals surface area contributed by atoms with Crippen LogP contribution in [0.5, 0.6) is 0 Å². The average molecular weight is 365 g/mol. The van der Waals surface area contributed by atoms with Gasteiger partial charge in [-0.25, -0.2) is 19.6 Å². The number of rotatable bonds is 3. The van der Waals surface area contributed by atoms with Crippen LogP contribution in [0.2, 0.25) is 5.02 Å². The molecule has 130 valence electrons. The third kappa shape index (κ3) is 3.26. The first-order chi connectivity index (χ1) is 12.6. The van der Waals surface area contributed by atoms with E-state index < -0.39 is 0 Å². The molecule has 4 rings (SSSR count). The van der Waals surface area contributed by atoms with Gasteiger partial charge in [-0.3, -0.25) is 0 Å². The van der Waals surface area contributed by atoms with Gasteiger partial charge in [-0.15, -0.1) is 5.92 Å². The molecule has 0 fully saturated rings. The highest BCUT2D eigenvalue weighted by Gasteiger charge is 2.24. The van der Waals surface area contributed by atoms with Gasteiger partial charge < -0.3 is 5.32 Å². The van der Waals surface area contributed by atoms with Gasteiger partial charge in [0.25, 0.3) is 0 Å². The van der Waals surface area contributed by atoms with Crippen molar-refractivity contribution in [1.82, 2.24) is 24.7 Å². The second kappa shape index (κ2) is 6.77. The number of aryl methyl sites for hydroxylation is 1. The third-order valence-corrected chi connectivity index (χ3v) is 4.54. The fourth-order valence-corrected chi connectivity index (χ4v) is 3.46. The minimum absolute atomic E-state index is 0.223. The summed E-state index contributed by atoms with van der Waals surface area (Å²) in [6.45, 7) is 3.68. The number of aromatic nitrogens is 5. The summed E-state index contributed by atoms with van der Waals surface area (Å²) in [5, 5.41) is 8.39. The van der Waals surface area contributed by atoms with Crippen LogP contribution < -0.4 is 5.32 Å². The smallest absolute Gasteiger partial charge is 0.222 e. The van der Waals surface area contributed by atoms with Crippen molar-refractivity contribution >= 4 is 17.5 Å². The Morgan fingerprint density at radius 2 is 2.00 bits per heavy atom. The van der Waals surface area contributed by atoms with Gasteiger partial charge in [0.1, 0.15) is 17.8 Å². The SMILES string of the molecule is CC#Cc1cc(Cl)cc2c1CC(Nc1ncc(-n3cnc(C)n3)cn1)C2. The summed E-state index contributed by atoms with van der Waals surface area (Å²) in [5.74, 6) is 7.42. The van der Waals surface area contributed by atoms with Crippen molar-refractivity contribution in [2.24, 2.45) is 0 Å². The standard InChI is InChI=1S/C19H17ClN6/c1-3-4-13-5-15(20)6-14-7-16(8-18(13)14)24-19-21-9-17(10-22-19)26-11-23-12(2)25-26/h5-6,9-11,16H,7-8H2,1-2H3,(H,21,22,24). The lowest BCUT2D eigenvalue weighted by molar-refractivity contribution is 0.759. The zero-order chi connectivity index (χ0) is 18.1. The van der Waals surface area contributed by atoms with Crippen LogP contribution in [-0.2, 0) is 12.8 Å². The summed E-state index contributed by atoms with van der Waals surface area (Å²) in [7, 11) is 0. The van der Waals surface area contributed by atoms with E-state index in [0.717, 1.165) is 29.1 Å². The molecule has 7 heteroatoms. The normalized spacial score (nSPS) is 15.3. The Labute approximate surface area is 156 Å². The van der Waals surface area contributed by atoms with Gasteiger partial charge in [0.2, 0.25) is 5.95 Å². The van der Waals surface area contributed by atoms with Crippen molar-refractivity contribution in [3.8, 4) is 17.5 Å². The highest BCUT2D eigenvalue weighted by Crippen LogP contribution is 2.30. The Morgan fingerprint density at radius 3 is 2.69 bits per heavy atom. The molecule has 1 N–H and O–H groups in total. The number of benzene rings is 1. The number of fused-ring (bicyclic) bond motifs is 1. The molecule has 6 nitrogen and oxygen atoms in total. The first kappa shape index (κ1) is 16.6. The van der Waals surface area contributed by atoms with Gasteiger partial charge in [0.05, 0.1) is 12.4 Å². The summed E-state index contributed by atoms with van der Waals surface area (Å²) < 4.78 is 1.65. The molecule has 26 heavy (non-hydrogen) atoms. The van der Waals surface area contributed by atoms with Crippen LogP contribution in [0.4, 0.5) is 5.95 Å². The Morgan fingerprint density at radius 1 is 1.19 bits per heavy atom. The minimum Gasteiger partial charge on any atom is -0.351 e. The van der Waals surface area contributed by atoms with E-state index in [0.29, 0.717) is 11.8 Å². The largest absolute Gasteiger partial charge is 0.351 e. The lowest BCUT2D eigenvalue weighted by Gasteiger charge is -2.12. The van der Waals surface area contributed by atoms with Gasteiger partial charge >= 0.3 is 0 Å². The number of hydrogen-bond donors (Lipinski definition) is 1. The highest BCUT2D eigenvalue weighted by molar-refractivity contribution is 6.30. The van der Waals surface area contributed by atoms with E-state index in [2.05, 4.69) is 37.2 Å². The van der Waals surface area contributed by atoms with E-state index in [1.807, 2.05) is 26.0 Å². The molecule has 1 aliphatic carbocycles. The zero-order valence-corrected chi connectivity index (χ0v) is 15.2. The molecule has 1 aromatic carbocycles. The summed E-state index contributed by atoms with van der Waals surface area (Å²) in [5.41, 5.74) is 4.29. The molecule has 3 aromatic rings. The monoisotopic (exact) mass is 364 g/mol. The summed E-state index contributed by atoms with van der Waals surface area (Å²) in [6.07, 6.45) is 6.87. The van der Waals surface area contributed by atoms with Crippen molar-refractivity contribution in [2.75, 3.05) is 5.32 Å². The Hall–Kier alpha value is -2.91. The zero-order valence-electron chi connectivity index (χ0n) is 14.5. The predicted octanol–water partition coefficient (Wildman–Crippen LogP) is 2.97. The topological polar surface area (TPSA) is 68.5 Å². The number of nitrogens with zero attached hydrogens (tertiary/aromatic N) is 5. The minimum atomic E-state index is 0.223. The van der Waals surface area contributed by atoms with E-state index in [1.54, 1.807) is 23.4 Å². The average Bonchev–Trinajstić information content (AvgIpc) is 3.22. The molecule has 1 unspecified atom stereocenters. The molecule has 1 aliphatic rings. The van der Waals surface area contributed by atoms with E-state index >= 15 is 0 Å². The van der Waals surface area contributed by atoms with Crippen molar-refractivity contribution in [2.45, 2.75) is 32.7 Å². The van der Waals surface area contributed by atoms with Crippen LogP contribution in [0.1, 0.15) is 29.4 Å². The Bertz CT molecular complexity index is 1010. The maximum atomic E-state index is 6.22. The molecular weight excluding hydrogens is 348 g/mol. The van der Waals surface area contributed by atoms with Crippen LogP contribution >= 0.6 is 11.6 Å². The molecule has 1 atom stereocenters. The number of nitrogens with one attached hydrogen (secondary N) is 1. The van der Waals surface area contributed by atoms with Gasteiger partial charge in [-0.1, -0.05) is 17.5 Å². The Balaban J connectivity index is 1.50. The summed E-state index contributed by atoms with van der Waals surface area (Å²) in [6, 6.07) is 4.18. The van der Waals surface area contributed by atoms with Crippen LogP contribution in [0, 0.1) is 18.8 Å². The third-order valence-electron chi connectivity index (χ3n) is 4.33.